The van der Waals surface area contributed by atoms with Crippen molar-refractivity contribution in [3.05, 3.63) is 45.8 Å². The monoisotopic (exact) mass is 339 g/mol. The van der Waals surface area contributed by atoms with E-state index in [-0.39, 0.29) is 5.91 Å². The van der Waals surface area contributed by atoms with Gasteiger partial charge in [0.15, 0.2) is 0 Å². The lowest BCUT2D eigenvalue weighted by molar-refractivity contribution is 0.0948. The zero-order chi connectivity index (χ0) is 16.5. The number of nitrogens with zero attached hydrogens (tertiary/aromatic N) is 1. The summed E-state index contributed by atoms with van der Waals surface area (Å²) in [5, 5.41) is 15.3. The first-order valence-corrected chi connectivity index (χ1v) is 8.77. The van der Waals surface area contributed by atoms with Crippen molar-refractivity contribution >= 4 is 40.3 Å². The van der Waals surface area contributed by atoms with Crippen LogP contribution in [-0.2, 0) is 0 Å². The molecule has 2 N–H and O–H groups in total. The highest BCUT2D eigenvalue weighted by Gasteiger charge is 2.26. The van der Waals surface area contributed by atoms with Crippen molar-refractivity contribution in [3.8, 4) is 5.75 Å². The molecule has 5 nitrogen and oxygen atoms in total. The van der Waals surface area contributed by atoms with E-state index in [9.17, 15) is 4.79 Å². The number of rotatable bonds is 5. The van der Waals surface area contributed by atoms with Crippen molar-refractivity contribution in [2.45, 2.75) is 18.9 Å². The minimum absolute atomic E-state index is 0.0924. The van der Waals surface area contributed by atoms with Crippen LogP contribution >= 0.6 is 11.3 Å². The lowest BCUT2D eigenvalue weighted by Gasteiger charge is -2.10. The molecule has 0 bridgehead atoms. The molecule has 1 aliphatic rings. The zero-order valence-electron chi connectivity index (χ0n) is 13.2. The Morgan fingerprint density at radius 3 is 2.96 bits per heavy atom. The van der Waals surface area contributed by atoms with Crippen LogP contribution in [0, 0.1) is 0 Å². The maximum atomic E-state index is 12.5. The number of methoxy groups -OCH3 is 1. The maximum absolute atomic E-state index is 12.5. The molecule has 4 rings (SSSR count). The number of hydrogen-bond donors (Lipinski definition) is 2. The number of fused-ring (bicyclic) bond motifs is 1. The second kappa shape index (κ2) is 6.13. The van der Waals surface area contributed by atoms with Crippen LogP contribution in [0.2, 0.25) is 0 Å². The van der Waals surface area contributed by atoms with Crippen LogP contribution in [0.5, 0.6) is 5.75 Å². The molecule has 122 valence electrons. The van der Waals surface area contributed by atoms with Gasteiger partial charge in [-0.15, -0.1) is 0 Å². The fraction of sp³-hybridized carbons (Fsp3) is 0.222. The molecule has 6 heteroatoms. The average molecular weight is 339 g/mol. The van der Waals surface area contributed by atoms with Crippen LogP contribution in [-0.4, -0.2) is 29.3 Å². The van der Waals surface area contributed by atoms with E-state index in [2.05, 4.69) is 20.9 Å². The van der Waals surface area contributed by atoms with E-state index in [1.807, 2.05) is 29.7 Å². The quantitative estimate of drug-likeness (QED) is 0.745. The molecule has 1 fully saturated rings. The Hall–Kier alpha value is -2.60. The van der Waals surface area contributed by atoms with Crippen LogP contribution < -0.4 is 10.1 Å². The largest absolute Gasteiger partial charge is 0.495 e. The van der Waals surface area contributed by atoms with Gasteiger partial charge in [-0.1, -0.05) is 6.08 Å². The molecule has 1 amide bonds. The Kier molecular flexibility index (Phi) is 3.82. The van der Waals surface area contributed by atoms with Crippen molar-refractivity contribution < 1.29 is 9.53 Å². The molecule has 2 heterocycles. The molecule has 0 saturated heterocycles. The number of carbonyl (C=O) groups is 1. The molecule has 0 atom stereocenters. The van der Waals surface area contributed by atoms with Crippen LogP contribution in [0.1, 0.15) is 34.5 Å². The summed E-state index contributed by atoms with van der Waals surface area (Å²) in [5.41, 5.74) is 3.28. The predicted octanol–water partition coefficient (Wildman–Crippen LogP) is 3.70. The average Bonchev–Trinajstić information content (AvgIpc) is 3.10. The standard InChI is InChI=1S/C18H17N3O2S/c1-23-17-13(18(22)19-12-3-4-12)5-7-15-16(17)14(20-21-15)6-2-11-8-9-24-10-11/h2,5-10,12H,3-4H2,1H3,(H,19,22)(H,20,21)/b6-2+. The van der Waals surface area contributed by atoms with Crippen molar-refractivity contribution in [2.24, 2.45) is 0 Å². The molecule has 1 aromatic carbocycles. The third kappa shape index (κ3) is 2.80. The van der Waals surface area contributed by atoms with E-state index in [1.54, 1.807) is 24.5 Å². The lowest BCUT2D eigenvalue weighted by atomic mass is 10.1. The van der Waals surface area contributed by atoms with E-state index in [0.29, 0.717) is 17.4 Å². The van der Waals surface area contributed by atoms with Crippen LogP contribution in [0.4, 0.5) is 0 Å². The van der Waals surface area contributed by atoms with E-state index in [4.69, 9.17) is 4.74 Å². The Labute approximate surface area is 143 Å². The molecule has 1 aliphatic carbocycles. The molecule has 0 radical (unpaired) electrons. The molecular formula is C18H17N3O2S. The van der Waals surface area contributed by atoms with Crippen molar-refractivity contribution in [3.63, 3.8) is 0 Å². The second-order valence-electron chi connectivity index (χ2n) is 5.82. The Morgan fingerprint density at radius 2 is 2.25 bits per heavy atom. The Morgan fingerprint density at radius 1 is 1.38 bits per heavy atom. The normalized spacial score (nSPS) is 14.4. The van der Waals surface area contributed by atoms with Gasteiger partial charge in [0.1, 0.15) is 5.75 Å². The highest BCUT2D eigenvalue weighted by atomic mass is 32.1. The molecule has 1 saturated carbocycles. The van der Waals surface area contributed by atoms with Gasteiger partial charge in [-0.05, 0) is 53.4 Å². The molecule has 2 aromatic heterocycles. The predicted molar refractivity (Wildman–Crippen MR) is 96.4 cm³/mol. The van der Waals surface area contributed by atoms with Gasteiger partial charge in [-0.2, -0.15) is 16.4 Å². The second-order valence-corrected chi connectivity index (χ2v) is 6.60. The van der Waals surface area contributed by atoms with Gasteiger partial charge in [0.2, 0.25) is 0 Å². The van der Waals surface area contributed by atoms with Crippen molar-refractivity contribution in [2.75, 3.05) is 7.11 Å². The molecule has 0 unspecified atom stereocenters. The summed E-state index contributed by atoms with van der Waals surface area (Å²) < 4.78 is 5.57. The maximum Gasteiger partial charge on any atom is 0.255 e. The van der Waals surface area contributed by atoms with Crippen molar-refractivity contribution in [1.82, 2.24) is 15.5 Å². The van der Waals surface area contributed by atoms with E-state index in [0.717, 1.165) is 35.0 Å². The third-order valence-electron chi connectivity index (χ3n) is 4.05. The number of nitrogens with one attached hydrogen (secondary N) is 2. The number of thiophene rings is 1. The number of hydrogen-bond acceptors (Lipinski definition) is 4. The summed E-state index contributed by atoms with van der Waals surface area (Å²) in [6.45, 7) is 0. The molecule has 0 spiro atoms. The first-order chi connectivity index (χ1) is 11.8. The minimum atomic E-state index is -0.0924. The summed E-state index contributed by atoms with van der Waals surface area (Å²) in [5.74, 6) is 0.467. The van der Waals surface area contributed by atoms with Gasteiger partial charge < -0.3 is 10.1 Å². The smallest absolute Gasteiger partial charge is 0.255 e. The first kappa shape index (κ1) is 15.0. The number of amides is 1. The summed E-state index contributed by atoms with van der Waals surface area (Å²) >= 11 is 1.65. The summed E-state index contributed by atoms with van der Waals surface area (Å²) in [4.78, 5) is 12.5. The highest BCUT2D eigenvalue weighted by Crippen LogP contribution is 2.33. The van der Waals surface area contributed by atoms with Gasteiger partial charge in [-0.25, -0.2) is 0 Å². The topological polar surface area (TPSA) is 67.0 Å². The number of aromatic nitrogens is 2. The first-order valence-electron chi connectivity index (χ1n) is 7.82. The van der Waals surface area contributed by atoms with Crippen LogP contribution in [0.25, 0.3) is 23.1 Å². The fourth-order valence-electron chi connectivity index (χ4n) is 2.65. The summed E-state index contributed by atoms with van der Waals surface area (Å²) in [6.07, 6.45) is 6.08. The van der Waals surface area contributed by atoms with Crippen LogP contribution in [0.15, 0.2) is 29.0 Å². The van der Waals surface area contributed by atoms with E-state index >= 15 is 0 Å². The number of benzene rings is 1. The highest BCUT2D eigenvalue weighted by molar-refractivity contribution is 7.08. The minimum Gasteiger partial charge on any atom is -0.495 e. The van der Waals surface area contributed by atoms with Crippen molar-refractivity contribution in [1.29, 1.82) is 0 Å². The number of carbonyl (C=O) groups excluding carboxylic acids is 1. The van der Waals surface area contributed by atoms with Gasteiger partial charge in [0, 0.05) is 6.04 Å². The summed E-state index contributed by atoms with van der Waals surface area (Å²) in [7, 11) is 1.59. The van der Waals surface area contributed by atoms with Crippen LogP contribution in [0.3, 0.4) is 0 Å². The van der Waals surface area contributed by atoms with Gasteiger partial charge in [-0.3, -0.25) is 9.89 Å². The molecular weight excluding hydrogens is 322 g/mol. The summed E-state index contributed by atoms with van der Waals surface area (Å²) in [6, 6.07) is 5.97. The van der Waals surface area contributed by atoms with Gasteiger partial charge in [0.25, 0.3) is 5.91 Å². The Balaban J connectivity index is 1.76. The van der Waals surface area contributed by atoms with Gasteiger partial charge in [0.05, 0.1) is 29.3 Å². The van der Waals surface area contributed by atoms with E-state index in [1.165, 1.54) is 0 Å². The molecule has 24 heavy (non-hydrogen) atoms. The molecule has 0 aliphatic heterocycles. The number of H-pyrrole nitrogens is 1. The lowest BCUT2D eigenvalue weighted by Crippen LogP contribution is -2.25. The van der Waals surface area contributed by atoms with E-state index < -0.39 is 0 Å². The third-order valence-corrected chi connectivity index (χ3v) is 4.75. The Bertz CT molecular complexity index is 908. The number of aromatic amines is 1. The zero-order valence-corrected chi connectivity index (χ0v) is 14.0. The molecule has 3 aromatic rings. The van der Waals surface area contributed by atoms with Gasteiger partial charge >= 0.3 is 0 Å². The fourth-order valence-corrected chi connectivity index (χ4v) is 3.28. The SMILES string of the molecule is COc1c(C(=O)NC2CC2)ccc2n[nH]c(/C=C/c3ccsc3)c12. The number of ether oxygens (including phenoxy) is 1.